The van der Waals surface area contributed by atoms with E-state index in [1.165, 1.54) is 11.8 Å². The summed E-state index contributed by atoms with van der Waals surface area (Å²) in [6.07, 6.45) is 3.43. The molecule has 0 saturated carbocycles. The van der Waals surface area contributed by atoms with Gasteiger partial charge in [0, 0.05) is 41.8 Å². The minimum Gasteiger partial charge on any atom is -0.495 e. The highest BCUT2D eigenvalue weighted by Gasteiger charge is 2.16. The molecule has 8 nitrogen and oxygen atoms in total. The topological polar surface area (TPSA) is 95.1 Å². The molecule has 0 spiro atoms. The average Bonchev–Trinajstić information content (AvgIpc) is 3.37. The van der Waals surface area contributed by atoms with E-state index in [2.05, 4.69) is 20.5 Å². The molecule has 5 aromatic rings. The molecular formula is C23H19N5O3S. The molecular weight excluding hydrogens is 426 g/mol. The zero-order chi connectivity index (χ0) is 22.1. The fraction of sp³-hybridized carbons (Fsp3) is 0.130. The van der Waals surface area contributed by atoms with Crippen molar-refractivity contribution in [1.29, 1.82) is 0 Å². The van der Waals surface area contributed by atoms with E-state index in [1.807, 2.05) is 54.1 Å². The number of ether oxygens (including phenoxy) is 1. The number of nitrogens with one attached hydrogen (secondary N) is 1. The molecule has 0 bridgehead atoms. The van der Waals surface area contributed by atoms with Gasteiger partial charge in [0.2, 0.25) is 5.91 Å². The van der Waals surface area contributed by atoms with Crippen molar-refractivity contribution in [3.05, 3.63) is 60.9 Å². The van der Waals surface area contributed by atoms with Gasteiger partial charge >= 0.3 is 0 Å². The summed E-state index contributed by atoms with van der Waals surface area (Å²) in [4.78, 5) is 16.8. The SMILES string of the molecule is COc1cc2c(cc1NC(=O)CSc1nnc(-c3cccnc3)n1C)oc1ccccc12. The number of para-hydroxylation sites is 1. The molecule has 0 radical (unpaired) electrons. The first kappa shape index (κ1) is 20.1. The van der Waals surface area contributed by atoms with Crippen molar-refractivity contribution in [1.82, 2.24) is 19.7 Å². The highest BCUT2D eigenvalue weighted by molar-refractivity contribution is 7.99. The van der Waals surface area contributed by atoms with Gasteiger partial charge in [-0.25, -0.2) is 0 Å². The van der Waals surface area contributed by atoms with Crippen LogP contribution in [0, 0.1) is 0 Å². The van der Waals surface area contributed by atoms with Gasteiger partial charge in [-0.2, -0.15) is 0 Å². The van der Waals surface area contributed by atoms with Gasteiger partial charge in [0.05, 0.1) is 18.6 Å². The Balaban J connectivity index is 1.33. The Kier molecular flexibility index (Phi) is 5.24. The molecule has 1 N–H and O–H groups in total. The van der Waals surface area contributed by atoms with Crippen molar-refractivity contribution in [2.75, 3.05) is 18.2 Å². The molecule has 2 aromatic carbocycles. The van der Waals surface area contributed by atoms with E-state index < -0.39 is 0 Å². The number of benzene rings is 2. The highest BCUT2D eigenvalue weighted by atomic mass is 32.2. The summed E-state index contributed by atoms with van der Waals surface area (Å²) >= 11 is 1.30. The number of furan rings is 1. The van der Waals surface area contributed by atoms with Crippen molar-refractivity contribution < 1.29 is 13.9 Å². The third-order valence-electron chi connectivity index (χ3n) is 5.06. The maximum atomic E-state index is 12.7. The number of hydrogen-bond acceptors (Lipinski definition) is 7. The fourth-order valence-corrected chi connectivity index (χ4v) is 4.23. The van der Waals surface area contributed by atoms with E-state index in [9.17, 15) is 4.79 Å². The average molecular weight is 446 g/mol. The Hall–Kier alpha value is -3.85. The molecule has 0 atom stereocenters. The second-order valence-corrected chi connectivity index (χ2v) is 8.03. The predicted molar refractivity (Wildman–Crippen MR) is 124 cm³/mol. The van der Waals surface area contributed by atoms with Crippen LogP contribution in [0.15, 0.2) is 70.5 Å². The molecule has 0 fully saturated rings. The number of hydrogen-bond donors (Lipinski definition) is 1. The Morgan fingerprint density at radius 2 is 2.00 bits per heavy atom. The lowest BCUT2D eigenvalue weighted by molar-refractivity contribution is -0.113. The lowest BCUT2D eigenvalue weighted by Gasteiger charge is -2.10. The number of carbonyl (C=O) groups excluding carboxylic acids is 1. The van der Waals surface area contributed by atoms with E-state index >= 15 is 0 Å². The molecule has 160 valence electrons. The van der Waals surface area contributed by atoms with Crippen LogP contribution >= 0.6 is 11.8 Å². The number of thioether (sulfide) groups is 1. The van der Waals surface area contributed by atoms with Crippen LogP contribution < -0.4 is 10.1 Å². The number of carbonyl (C=O) groups is 1. The molecule has 0 unspecified atom stereocenters. The Morgan fingerprint density at radius 1 is 1.12 bits per heavy atom. The van der Waals surface area contributed by atoms with E-state index in [-0.39, 0.29) is 11.7 Å². The van der Waals surface area contributed by atoms with Gasteiger partial charge in [-0.05, 0) is 24.3 Å². The molecule has 3 aromatic heterocycles. The van der Waals surface area contributed by atoms with Gasteiger partial charge in [0.1, 0.15) is 16.9 Å². The van der Waals surface area contributed by atoms with Gasteiger partial charge in [0.25, 0.3) is 0 Å². The van der Waals surface area contributed by atoms with E-state index in [1.54, 1.807) is 25.6 Å². The molecule has 0 aliphatic rings. The van der Waals surface area contributed by atoms with Gasteiger partial charge in [-0.3, -0.25) is 9.78 Å². The summed E-state index contributed by atoms with van der Waals surface area (Å²) in [5.41, 5.74) is 2.89. The number of amides is 1. The van der Waals surface area contributed by atoms with Gasteiger partial charge < -0.3 is 19.0 Å². The number of rotatable bonds is 6. The second kappa shape index (κ2) is 8.35. The van der Waals surface area contributed by atoms with Crippen molar-refractivity contribution >= 4 is 45.3 Å². The molecule has 3 heterocycles. The largest absolute Gasteiger partial charge is 0.495 e. The lowest BCUT2D eigenvalue weighted by Crippen LogP contribution is -2.15. The van der Waals surface area contributed by atoms with Gasteiger partial charge in [-0.1, -0.05) is 30.0 Å². The number of aromatic nitrogens is 4. The van der Waals surface area contributed by atoms with E-state index in [0.29, 0.717) is 28.0 Å². The number of nitrogens with zero attached hydrogens (tertiary/aromatic N) is 4. The van der Waals surface area contributed by atoms with Crippen LogP contribution in [-0.2, 0) is 11.8 Å². The minimum atomic E-state index is -0.185. The van der Waals surface area contributed by atoms with Crippen LogP contribution in [0.25, 0.3) is 33.3 Å². The number of anilines is 1. The lowest BCUT2D eigenvalue weighted by atomic mass is 10.1. The molecule has 9 heteroatoms. The zero-order valence-corrected chi connectivity index (χ0v) is 18.2. The first-order valence-corrected chi connectivity index (χ1v) is 10.8. The molecule has 0 saturated heterocycles. The third-order valence-corrected chi connectivity index (χ3v) is 6.08. The molecule has 32 heavy (non-hydrogen) atoms. The van der Waals surface area contributed by atoms with Gasteiger partial charge in [0.15, 0.2) is 11.0 Å². The summed E-state index contributed by atoms with van der Waals surface area (Å²) in [6.45, 7) is 0. The quantitative estimate of drug-likeness (QED) is 0.384. The standard InChI is InChI=1S/C23H19N5O3S/c1-28-22(14-6-5-9-24-12-14)26-27-23(28)32-13-21(29)25-17-11-19-16(10-20(17)30-2)15-7-3-4-8-18(15)31-19/h3-12H,13H2,1-2H3,(H,25,29). The Labute approximate surface area is 187 Å². The summed E-state index contributed by atoms with van der Waals surface area (Å²) in [5, 5.41) is 13.9. The number of fused-ring (bicyclic) bond motifs is 3. The number of methoxy groups -OCH3 is 1. The second-order valence-electron chi connectivity index (χ2n) is 7.09. The molecule has 1 amide bonds. The summed E-state index contributed by atoms with van der Waals surface area (Å²) < 4.78 is 13.3. The summed E-state index contributed by atoms with van der Waals surface area (Å²) in [6, 6.07) is 15.2. The first-order valence-electron chi connectivity index (χ1n) is 9.86. The summed E-state index contributed by atoms with van der Waals surface area (Å²) in [5.74, 6) is 1.24. The van der Waals surface area contributed by atoms with Crippen LogP contribution in [0.5, 0.6) is 5.75 Å². The van der Waals surface area contributed by atoms with Crippen molar-refractivity contribution in [2.24, 2.45) is 7.05 Å². The monoisotopic (exact) mass is 445 g/mol. The molecule has 0 aliphatic heterocycles. The predicted octanol–water partition coefficient (Wildman–Crippen LogP) is 4.52. The highest BCUT2D eigenvalue weighted by Crippen LogP contribution is 2.36. The van der Waals surface area contributed by atoms with Crippen molar-refractivity contribution in [2.45, 2.75) is 5.16 Å². The smallest absolute Gasteiger partial charge is 0.234 e. The minimum absolute atomic E-state index is 0.167. The molecule has 5 rings (SSSR count). The van der Waals surface area contributed by atoms with Crippen LogP contribution in [0.1, 0.15) is 0 Å². The van der Waals surface area contributed by atoms with Crippen LogP contribution in [-0.4, -0.2) is 38.5 Å². The Morgan fingerprint density at radius 3 is 2.81 bits per heavy atom. The van der Waals surface area contributed by atoms with E-state index in [4.69, 9.17) is 9.15 Å². The van der Waals surface area contributed by atoms with Crippen LogP contribution in [0.2, 0.25) is 0 Å². The van der Waals surface area contributed by atoms with Crippen LogP contribution in [0.3, 0.4) is 0 Å². The third kappa shape index (κ3) is 3.67. The first-order chi connectivity index (χ1) is 15.6. The normalized spacial score (nSPS) is 11.2. The van der Waals surface area contributed by atoms with Crippen LogP contribution in [0.4, 0.5) is 5.69 Å². The molecule has 0 aliphatic carbocycles. The van der Waals surface area contributed by atoms with Crippen molar-refractivity contribution in [3.63, 3.8) is 0 Å². The maximum Gasteiger partial charge on any atom is 0.234 e. The summed E-state index contributed by atoms with van der Waals surface area (Å²) in [7, 11) is 3.44. The number of pyridine rings is 1. The maximum absolute atomic E-state index is 12.7. The van der Waals surface area contributed by atoms with Crippen molar-refractivity contribution in [3.8, 4) is 17.1 Å². The zero-order valence-electron chi connectivity index (χ0n) is 17.4. The Bertz CT molecular complexity index is 1430. The fourth-order valence-electron chi connectivity index (χ4n) is 3.52. The van der Waals surface area contributed by atoms with E-state index in [0.717, 1.165) is 21.9 Å². The van der Waals surface area contributed by atoms with Gasteiger partial charge in [-0.15, -0.1) is 10.2 Å².